The Labute approximate surface area is 197 Å². The number of hydrogen-bond donors (Lipinski definition) is 3. The molecule has 0 saturated heterocycles. The van der Waals surface area contributed by atoms with Gasteiger partial charge in [-0.05, 0) is 49.7 Å². The molecule has 0 radical (unpaired) electrons. The first-order chi connectivity index (χ1) is 16.4. The van der Waals surface area contributed by atoms with Crippen molar-refractivity contribution in [3.8, 4) is 5.75 Å². The summed E-state index contributed by atoms with van der Waals surface area (Å²) in [6.45, 7) is 4.18. The summed E-state index contributed by atoms with van der Waals surface area (Å²) in [5, 5.41) is 5.55. The maximum atomic E-state index is 12.3. The van der Waals surface area contributed by atoms with E-state index >= 15 is 0 Å². The molecule has 10 heteroatoms. The minimum Gasteiger partial charge on any atom is -0.494 e. The molecule has 0 unspecified atom stereocenters. The lowest BCUT2D eigenvalue weighted by Gasteiger charge is -2.09. The van der Waals surface area contributed by atoms with Gasteiger partial charge in [-0.25, -0.2) is 0 Å². The Bertz CT molecular complexity index is 1100. The Balaban J connectivity index is 1.46. The van der Waals surface area contributed by atoms with E-state index in [0.29, 0.717) is 17.9 Å². The number of aromatic nitrogens is 3. The first-order valence-electron chi connectivity index (χ1n) is 10.9. The highest BCUT2D eigenvalue weighted by atomic mass is 16.5. The summed E-state index contributed by atoms with van der Waals surface area (Å²) >= 11 is 0. The maximum Gasteiger partial charge on any atom is 0.325 e. The van der Waals surface area contributed by atoms with Crippen LogP contribution in [0.15, 0.2) is 48.5 Å². The molecule has 0 fully saturated rings. The SMILES string of the molecule is CCCCOc1ccc(C(=O)NCC(=O)OCc2nc(N)nc(Nc3ccc(C)cc3)n2)cc1. The van der Waals surface area contributed by atoms with Crippen molar-refractivity contribution in [3.63, 3.8) is 0 Å². The Morgan fingerprint density at radius 1 is 1.00 bits per heavy atom. The number of amides is 1. The van der Waals surface area contributed by atoms with E-state index in [-0.39, 0.29) is 30.9 Å². The number of nitrogens with one attached hydrogen (secondary N) is 2. The van der Waals surface area contributed by atoms with Crippen molar-refractivity contribution in [1.82, 2.24) is 20.3 Å². The Morgan fingerprint density at radius 2 is 1.74 bits per heavy atom. The van der Waals surface area contributed by atoms with Crippen molar-refractivity contribution in [3.05, 3.63) is 65.5 Å². The number of anilines is 3. The summed E-state index contributed by atoms with van der Waals surface area (Å²) in [6, 6.07) is 14.4. The van der Waals surface area contributed by atoms with Crippen LogP contribution in [-0.4, -0.2) is 40.0 Å². The summed E-state index contributed by atoms with van der Waals surface area (Å²) in [5.74, 6) is 0.0626. The number of nitrogens with zero attached hydrogens (tertiary/aromatic N) is 3. The Morgan fingerprint density at radius 3 is 2.44 bits per heavy atom. The smallest absolute Gasteiger partial charge is 0.325 e. The number of benzene rings is 2. The lowest BCUT2D eigenvalue weighted by atomic mass is 10.2. The normalized spacial score (nSPS) is 10.4. The topological polar surface area (TPSA) is 141 Å². The highest BCUT2D eigenvalue weighted by Crippen LogP contribution is 2.15. The predicted molar refractivity (Wildman–Crippen MR) is 128 cm³/mol. The standard InChI is InChI=1S/C24H28N6O4/c1-3-4-13-33-19-11-7-17(8-12-19)22(32)26-14-21(31)34-15-20-28-23(25)30-24(29-20)27-18-9-5-16(2)6-10-18/h5-12H,3-4,13-15H2,1-2H3,(H,26,32)(H3,25,27,28,29,30). The molecule has 1 aromatic heterocycles. The molecule has 0 aliphatic heterocycles. The third-order valence-corrected chi connectivity index (χ3v) is 4.65. The first kappa shape index (κ1) is 24.4. The zero-order valence-corrected chi connectivity index (χ0v) is 19.2. The van der Waals surface area contributed by atoms with E-state index in [1.54, 1.807) is 24.3 Å². The van der Waals surface area contributed by atoms with Crippen LogP contribution in [0.5, 0.6) is 5.75 Å². The third-order valence-electron chi connectivity index (χ3n) is 4.65. The predicted octanol–water partition coefficient (Wildman–Crippen LogP) is 3.16. The average Bonchev–Trinajstić information content (AvgIpc) is 2.83. The third kappa shape index (κ3) is 7.73. The second kappa shape index (κ2) is 12.1. The number of ether oxygens (including phenoxy) is 2. The molecule has 0 aliphatic rings. The summed E-state index contributed by atoms with van der Waals surface area (Å²) in [5.41, 5.74) is 8.05. The van der Waals surface area contributed by atoms with Crippen LogP contribution in [0.1, 0.15) is 41.5 Å². The average molecular weight is 465 g/mol. The van der Waals surface area contributed by atoms with Crippen LogP contribution in [0.3, 0.4) is 0 Å². The van der Waals surface area contributed by atoms with E-state index in [1.807, 2.05) is 31.2 Å². The summed E-state index contributed by atoms with van der Waals surface area (Å²) < 4.78 is 10.7. The van der Waals surface area contributed by atoms with Gasteiger partial charge in [0.25, 0.3) is 5.91 Å². The van der Waals surface area contributed by atoms with Crippen LogP contribution in [0.2, 0.25) is 0 Å². The van der Waals surface area contributed by atoms with E-state index in [2.05, 4.69) is 32.5 Å². The van der Waals surface area contributed by atoms with Crippen molar-refractivity contribution in [2.24, 2.45) is 0 Å². The van der Waals surface area contributed by atoms with Gasteiger partial charge in [-0.15, -0.1) is 0 Å². The fourth-order valence-corrected chi connectivity index (χ4v) is 2.81. The molecule has 0 saturated carbocycles. The number of aryl methyl sites for hydroxylation is 1. The number of nitrogens with two attached hydrogens (primary N) is 1. The van der Waals surface area contributed by atoms with E-state index in [1.165, 1.54) is 0 Å². The molecule has 0 aliphatic carbocycles. The molecule has 10 nitrogen and oxygen atoms in total. The molecule has 2 aromatic carbocycles. The summed E-state index contributed by atoms with van der Waals surface area (Å²) in [7, 11) is 0. The van der Waals surface area contributed by atoms with E-state index in [4.69, 9.17) is 15.2 Å². The van der Waals surface area contributed by atoms with Gasteiger partial charge in [-0.3, -0.25) is 9.59 Å². The highest BCUT2D eigenvalue weighted by Gasteiger charge is 2.11. The van der Waals surface area contributed by atoms with Gasteiger partial charge in [-0.2, -0.15) is 15.0 Å². The highest BCUT2D eigenvalue weighted by molar-refractivity contribution is 5.96. The van der Waals surface area contributed by atoms with Crippen LogP contribution < -0.4 is 21.1 Å². The number of esters is 1. The number of hydrogen-bond acceptors (Lipinski definition) is 9. The van der Waals surface area contributed by atoms with E-state index in [9.17, 15) is 9.59 Å². The largest absolute Gasteiger partial charge is 0.494 e. The monoisotopic (exact) mass is 464 g/mol. The molecule has 1 amide bonds. The van der Waals surface area contributed by atoms with Gasteiger partial charge in [-0.1, -0.05) is 31.0 Å². The molecule has 4 N–H and O–H groups in total. The van der Waals surface area contributed by atoms with Gasteiger partial charge in [0.05, 0.1) is 6.61 Å². The molecular weight excluding hydrogens is 436 g/mol. The fraction of sp³-hybridized carbons (Fsp3) is 0.292. The van der Waals surface area contributed by atoms with Crippen LogP contribution in [0, 0.1) is 6.92 Å². The second-order valence-electron chi connectivity index (χ2n) is 7.49. The first-order valence-corrected chi connectivity index (χ1v) is 10.9. The van der Waals surface area contributed by atoms with Crippen molar-refractivity contribution >= 4 is 29.5 Å². The van der Waals surface area contributed by atoms with Gasteiger partial charge in [0.1, 0.15) is 12.3 Å². The number of carbonyl (C=O) groups excluding carboxylic acids is 2. The van der Waals surface area contributed by atoms with Gasteiger partial charge in [0.2, 0.25) is 11.9 Å². The van der Waals surface area contributed by atoms with Crippen molar-refractivity contribution in [1.29, 1.82) is 0 Å². The van der Waals surface area contributed by atoms with Crippen LogP contribution in [0.4, 0.5) is 17.6 Å². The fourth-order valence-electron chi connectivity index (χ4n) is 2.81. The molecule has 0 spiro atoms. The molecule has 3 aromatic rings. The minimum atomic E-state index is -0.639. The quantitative estimate of drug-likeness (QED) is 0.288. The van der Waals surface area contributed by atoms with Crippen molar-refractivity contribution in [2.75, 3.05) is 24.2 Å². The molecule has 34 heavy (non-hydrogen) atoms. The Hall–Kier alpha value is -4.21. The number of carbonyl (C=O) groups is 2. The van der Waals surface area contributed by atoms with Crippen LogP contribution >= 0.6 is 0 Å². The lowest BCUT2D eigenvalue weighted by molar-refractivity contribution is -0.143. The molecule has 0 bridgehead atoms. The zero-order valence-electron chi connectivity index (χ0n) is 19.2. The molecule has 178 valence electrons. The number of unbranched alkanes of at least 4 members (excludes halogenated alkanes) is 1. The van der Waals surface area contributed by atoms with Gasteiger partial charge in [0.15, 0.2) is 12.4 Å². The lowest BCUT2D eigenvalue weighted by Crippen LogP contribution is -2.30. The minimum absolute atomic E-state index is 0.00826. The zero-order chi connectivity index (χ0) is 24.3. The van der Waals surface area contributed by atoms with Crippen molar-refractivity contribution in [2.45, 2.75) is 33.3 Å². The Kier molecular flexibility index (Phi) is 8.73. The molecular formula is C24H28N6O4. The van der Waals surface area contributed by atoms with E-state index < -0.39 is 11.9 Å². The van der Waals surface area contributed by atoms with Gasteiger partial charge < -0.3 is 25.8 Å². The molecule has 3 rings (SSSR count). The van der Waals surface area contributed by atoms with Gasteiger partial charge in [0, 0.05) is 11.3 Å². The summed E-state index contributed by atoms with van der Waals surface area (Å²) in [4.78, 5) is 36.6. The van der Waals surface area contributed by atoms with Crippen LogP contribution in [0.25, 0.3) is 0 Å². The van der Waals surface area contributed by atoms with Crippen molar-refractivity contribution < 1.29 is 19.1 Å². The second-order valence-corrected chi connectivity index (χ2v) is 7.49. The molecule has 1 heterocycles. The maximum absolute atomic E-state index is 12.3. The van der Waals surface area contributed by atoms with Crippen LogP contribution in [-0.2, 0) is 16.1 Å². The summed E-state index contributed by atoms with van der Waals surface area (Å²) in [6.07, 6.45) is 2.01. The van der Waals surface area contributed by atoms with Gasteiger partial charge >= 0.3 is 5.97 Å². The number of nitrogen functional groups attached to an aromatic ring is 1. The van der Waals surface area contributed by atoms with E-state index in [0.717, 1.165) is 24.1 Å². The molecule has 0 atom stereocenters. The number of rotatable bonds is 11.